The Labute approximate surface area is 96.2 Å². The van der Waals surface area contributed by atoms with Crippen molar-refractivity contribution in [2.24, 2.45) is 10.9 Å². The van der Waals surface area contributed by atoms with Gasteiger partial charge in [-0.1, -0.05) is 6.07 Å². The summed E-state index contributed by atoms with van der Waals surface area (Å²) in [5, 5.41) is 6.56. The van der Waals surface area contributed by atoms with Crippen molar-refractivity contribution in [2.45, 2.75) is 19.4 Å². The lowest BCUT2D eigenvalue weighted by Crippen LogP contribution is -2.38. The fourth-order valence-corrected chi connectivity index (χ4v) is 1.46. The van der Waals surface area contributed by atoms with Gasteiger partial charge in [-0.2, -0.15) is 0 Å². The first kappa shape index (κ1) is 10.9. The third kappa shape index (κ3) is 3.53. The molecule has 4 nitrogen and oxygen atoms in total. The molecule has 0 spiro atoms. The summed E-state index contributed by atoms with van der Waals surface area (Å²) >= 11 is 0. The third-order valence-electron chi connectivity index (χ3n) is 2.64. The number of guanidine groups is 1. The minimum atomic E-state index is 0.713. The first-order valence-electron chi connectivity index (χ1n) is 5.73. The lowest BCUT2D eigenvalue weighted by Gasteiger charge is -2.10. The second-order valence-corrected chi connectivity index (χ2v) is 4.07. The smallest absolute Gasteiger partial charge is 0.191 e. The van der Waals surface area contributed by atoms with Crippen molar-refractivity contribution in [2.75, 3.05) is 13.6 Å². The quantitative estimate of drug-likeness (QED) is 0.589. The molecule has 0 atom stereocenters. The topological polar surface area (TPSA) is 49.3 Å². The van der Waals surface area contributed by atoms with Gasteiger partial charge in [-0.3, -0.25) is 9.98 Å². The summed E-state index contributed by atoms with van der Waals surface area (Å²) < 4.78 is 0. The van der Waals surface area contributed by atoms with E-state index in [1.165, 1.54) is 12.8 Å². The summed E-state index contributed by atoms with van der Waals surface area (Å²) in [5.41, 5.74) is 1.02. The molecule has 0 amide bonds. The molecule has 2 rings (SSSR count). The van der Waals surface area contributed by atoms with Crippen LogP contribution in [0.4, 0.5) is 0 Å². The second kappa shape index (κ2) is 5.49. The molecule has 4 heteroatoms. The van der Waals surface area contributed by atoms with Crippen LogP contribution in [0, 0.1) is 5.92 Å². The highest BCUT2D eigenvalue weighted by atomic mass is 15.2. The van der Waals surface area contributed by atoms with Crippen LogP contribution in [0.3, 0.4) is 0 Å². The fourth-order valence-electron chi connectivity index (χ4n) is 1.46. The van der Waals surface area contributed by atoms with Gasteiger partial charge in [-0.25, -0.2) is 0 Å². The Morgan fingerprint density at radius 3 is 2.94 bits per heavy atom. The van der Waals surface area contributed by atoms with Gasteiger partial charge in [0, 0.05) is 19.8 Å². The predicted octanol–water partition coefficient (Wildman–Crippen LogP) is 1.16. The number of rotatable bonds is 4. The van der Waals surface area contributed by atoms with Crippen LogP contribution in [0.1, 0.15) is 18.5 Å². The molecule has 2 N–H and O–H groups in total. The van der Waals surface area contributed by atoms with E-state index < -0.39 is 0 Å². The molecular weight excluding hydrogens is 200 g/mol. The number of nitrogens with one attached hydrogen (secondary N) is 2. The molecule has 1 aromatic heterocycles. The van der Waals surface area contributed by atoms with Gasteiger partial charge in [0.05, 0.1) is 12.2 Å². The van der Waals surface area contributed by atoms with Gasteiger partial charge < -0.3 is 10.6 Å². The van der Waals surface area contributed by atoms with Gasteiger partial charge in [0.25, 0.3) is 0 Å². The molecule has 0 aliphatic heterocycles. The molecule has 1 fully saturated rings. The van der Waals surface area contributed by atoms with E-state index >= 15 is 0 Å². The van der Waals surface area contributed by atoms with Gasteiger partial charge in [-0.15, -0.1) is 0 Å². The fraction of sp³-hybridized carbons (Fsp3) is 0.500. The Bertz CT molecular complexity index is 343. The molecule has 1 aromatic rings. The van der Waals surface area contributed by atoms with Crippen LogP contribution in [0.15, 0.2) is 29.4 Å². The van der Waals surface area contributed by atoms with Crippen LogP contribution in [-0.2, 0) is 6.54 Å². The molecule has 1 aliphatic rings. The number of aliphatic imine (C=N–C) groups is 1. The maximum Gasteiger partial charge on any atom is 0.191 e. The summed E-state index contributed by atoms with van der Waals surface area (Å²) in [5.74, 6) is 1.71. The third-order valence-corrected chi connectivity index (χ3v) is 2.64. The zero-order valence-electron chi connectivity index (χ0n) is 9.61. The van der Waals surface area contributed by atoms with Crippen molar-refractivity contribution in [3.05, 3.63) is 30.1 Å². The highest BCUT2D eigenvalue weighted by Crippen LogP contribution is 2.27. The van der Waals surface area contributed by atoms with E-state index in [2.05, 4.69) is 20.6 Å². The lowest BCUT2D eigenvalue weighted by atomic mass is 10.3. The first-order valence-corrected chi connectivity index (χ1v) is 5.73. The summed E-state index contributed by atoms with van der Waals surface area (Å²) in [4.78, 5) is 8.42. The molecule has 1 saturated carbocycles. The molecule has 0 unspecified atom stereocenters. The summed E-state index contributed by atoms with van der Waals surface area (Å²) in [6.07, 6.45) is 4.51. The van der Waals surface area contributed by atoms with Crippen molar-refractivity contribution < 1.29 is 0 Å². The summed E-state index contributed by atoms with van der Waals surface area (Å²) in [6.45, 7) is 1.74. The number of aromatic nitrogens is 1. The van der Waals surface area contributed by atoms with Gasteiger partial charge in [-0.05, 0) is 30.9 Å². The van der Waals surface area contributed by atoms with Crippen LogP contribution >= 0.6 is 0 Å². The molecule has 0 saturated heterocycles. The minimum absolute atomic E-state index is 0.713. The average Bonchev–Trinajstić information content (AvgIpc) is 3.15. The molecule has 0 bridgehead atoms. The largest absolute Gasteiger partial charge is 0.356 e. The number of nitrogens with zero attached hydrogens (tertiary/aromatic N) is 2. The first-order chi connectivity index (χ1) is 7.88. The molecular formula is C12H18N4. The van der Waals surface area contributed by atoms with Crippen molar-refractivity contribution in [1.29, 1.82) is 0 Å². The summed E-state index contributed by atoms with van der Waals surface area (Å²) in [7, 11) is 1.79. The van der Waals surface area contributed by atoms with Crippen LogP contribution in [0.2, 0.25) is 0 Å². The van der Waals surface area contributed by atoms with E-state index in [0.717, 1.165) is 24.1 Å². The maximum absolute atomic E-state index is 4.25. The van der Waals surface area contributed by atoms with E-state index in [0.29, 0.717) is 6.54 Å². The van der Waals surface area contributed by atoms with Crippen LogP contribution in [0.25, 0.3) is 0 Å². The van der Waals surface area contributed by atoms with Gasteiger partial charge in [0.2, 0.25) is 0 Å². The number of hydrogen-bond donors (Lipinski definition) is 2. The molecule has 1 heterocycles. The van der Waals surface area contributed by atoms with Gasteiger partial charge in [0.15, 0.2) is 5.96 Å². The highest BCUT2D eigenvalue weighted by Gasteiger charge is 2.20. The van der Waals surface area contributed by atoms with E-state index in [1.54, 1.807) is 13.2 Å². The summed E-state index contributed by atoms with van der Waals surface area (Å²) in [6, 6.07) is 5.91. The standard InChI is InChI=1S/C12H18N4/c1-13-12(15-8-10-5-6-10)16-9-11-4-2-3-7-14-11/h2-4,7,10H,5-6,8-9H2,1H3,(H2,13,15,16). The van der Waals surface area contributed by atoms with Gasteiger partial charge in [0.1, 0.15) is 0 Å². The van der Waals surface area contributed by atoms with E-state index in [-0.39, 0.29) is 0 Å². The lowest BCUT2D eigenvalue weighted by molar-refractivity contribution is 0.733. The highest BCUT2D eigenvalue weighted by molar-refractivity contribution is 5.79. The number of hydrogen-bond acceptors (Lipinski definition) is 2. The van der Waals surface area contributed by atoms with Gasteiger partial charge >= 0.3 is 0 Å². The SMILES string of the molecule is CN=C(NCc1ccccn1)NCC1CC1. The predicted molar refractivity (Wildman–Crippen MR) is 65.2 cm³/mol. The molecule has 0 radical (unpaired) electrons. The Balaban J connectivity index is 1.74. The van der Waals surface area contributed by atoms with E-state index in [4.69, 9.17) is 0 Å². The van der Waals surface area contributed by atoms with Crippen molar-refractivity contribution >= 4 is 5.96 Å². The van der Waals surface area contributed by atoms with Crippen LogP contribution < -0.4 is 10.6 Å². The van der Waals surface area contributed by atoms with Crippen molar-refractivity contribution in [1.82, 2.24) is 15.6 Å². The van der Waals surface area contributed by atoms with Crippen molar-refractivity contribution in [3.63, 3.8) is 0 Å². The number of pyridine rings is 1. The second-order valence-electron chi connectivity index (χ2n) is 4.07. The Morgan fingerprint density at radius 2 is 2.31 bits per heavy atom. The Hall–Kier alpha value is -1.58. The normalized spacial score (nSPS) is 15.9. The monoisotopic (exact) mass is 218 g/mol. The average molecular weight is 218 g/mol. The Kier molecular flexibility index (Phi) is 3.75. The van der Waals surface area contributed by atoms with E-state index in [9.17, 15) is 0 Å². The minimum Gasteiger partial charge on any atom is -0.356 e. The Morgan fingerprint density at radius 1 is 1.44 bits per heavy atom. The molecule has 1 aliphatic carbocycles. The van der Waals surface area contributed by atoms with Crippen molar-refractivity contribution in [3.8, 4) is 0 Å². The van der Waals surface area contributed by atoms with E-state index in [1.807, 2.05) is 18.2 Å². The maximum atomic E-state index is 4.25. The zero-order chi connectivity index (χ0) is 11.2. The molecule has 86 valence electrons. The van der Waals surface area contributed by atoms with Crippen LogP contribution in [0.5, 0.6) is 0 Å². The zero-order valence-corrected chi connectivity index (χ0v) is 9.61. The van der Waals surface area contributed by atoms with Crippen LogP contribution in [-0.4, -0.2) is 24.5 Å². The molecule has 0 aromatic carbocycles. The molecule has 16 heavy (non-hydrogen) atoms.